The van der Waals surface area contributed by atoms with Crippen molar-refractivity contribution in [1.82, 2.24) is 0 Å². The van der Waals surface area contributed by atoms with Crippen LogP contribution in [0.25, 0.3) is 0 Å². The standard InChI is InChI=1S/C27H40O7/c1-7-18-22(31)12-21-17-8-9-20-24(33-15(3)29)25(34-16(4)30)23(32-14(2)28)13-27(20,6)19(17)10-11-26(18,21)5/h17-21,23-25H,7-13H2,1-6H3/t17-,18-,19-,20-,21+,23-,24+,25-,26+,27-/m0/s1. The molecule has 0 radical (unpaired) electrons. The van der Waals surface area contributed by atoms with E-state index < -0.39 is 36.2 Å². The van der Waals surface area contributed by atoms with E-state index in [1.54, 1.807) is 0 Å². The highest BCUT2D eigenvalue weighted by atomic mass is 16.6. The second-order valence-corrected chi connectivity index (χ2v) is 11.7. The molecule has 190 valence electrons. The van der Waals surface area contributed by atoms with E-state index in [1.807, 2.05) is 0 Å². The molecule has 4 fully saturated rings. The average molecular weight is 477 g/mol. The van der Waals surface area contributed by atoms with Crippen LogP contribution in [0.15, 0.2) is 0 Å². The SMILES string of the molecule is CC[C@H]1C(=O)C[C@@H]2[C@H]3CC[C@H]4[C@@H](OC(C)=O)[C@@H](OC(C)=O)[C@@H](OC(C)=O)C[C@@]4(C)[C@H]3CC[C@@]21C. The maximum absolute atomic E-state index is 12.9. The highest BCUT2D eigenvalue weighted by molar-refractivity contribution is 5.84. The minimum absolute atomic E-state index is 0.00255. The zero-order valence-corrected chi connectivity index (χ0v) is 21.4. The van der Waals surface area contributed by atoms with Crippen molar-refractivity contribution in [2.45, 2.75) is 105 Å². The smallest absolute Gasteiger partial charge is 0.303 e. The lowest BCUT2D eigenvalue weighted by Gasteiger charge is -2.62. The van der Waals surface area contributed by atoms with Gasteiger partial charge in [-0.05, 0) is 67.1 Å². The molecular weight excluding hydrogens is 436 g/mol. The molecule has 4 aliphatic carbocycles. The molecule has 0 heterocycles. The Morgan fingerprint density at radius 1 is 0.824 bits per heavy atom. The molecule has 10 atom stereocenters. The van der Waals surface area contributed by atoms with Gasteiger partial charge in [0.05, 0.1) is 0 Å². The summed E-state index contributed by atoms with van der Waals surface area (Å²) in [7, 11) is 0. The van der Waals surface area contributed by atoms with Crippen LogP contribution in [0.2, 0.25) is 0 Å². The van der Waals surface area contributed by atoms with Gasteiger partial charge in [0.1, 0.15) is 18.0 Å². The van der Waals surface area contributed by atoms with Gasteiger partial charge in [0.15, 0.2) is 6.10 Å². The molecule has 0 aliphatic heterocycles. The number of rotatable bonds is 4. The van der Waals surface area contributed by atoms with Gasteiger partial charge >= 0.3 is 17.9 Å². The Morgan fingerprint density at radius 2 is 1.44 bits per heavy atom. The quantitative estimate of drug-likeness (QED) is 0.442. The minimum Gasteiger partial charge on any atom is -0.458 e. The second kappa shape index (κ2) is 8.94. The first-order chi connectivity index (χ1) is 15.9. The van der Waals surface area contributed by atoms with Crippen LogP contribution in [0.4, 0.5) is 0 Å². The molecule has 0 N–H and O–H groups in total. The molecular formula is C27H40O7. The number of ketones is 1. The summed E-state index contributed by atoms with van der Waals surface area (Å²) in [4.78, 5) is 49.0. The molecule has 0 unspecified atom stereocenters. The molecule has 0 amide bonds. The lowest BCUT2D eigenvalue weighted by Crippen LogP contribution is -2.64. The van der Waals surface area contributed by atoms with Gasteiger partial charge in [-0.3, -0.25) is 19.2 Å². The first-order valence-electron chi connectivity index (χ1n) is 13.0. The minimum atomic E-state index is -0.814. The van der Waals surface area contributed by atoms with Crippen LogP contribution in [0, 0.1) is 40.4 Å². The second-order valence-electron chi connectivity index (χ2n) is 11.7. The van der Waals surface area contributed by atoms with Gasteiger partial charge < -0.3 is 14.2 Å². The molecule has 4 aliphatic rings. The van der Waals surface area contributed by atoms with Gasteiger partial charge in [-0.2, -0.15) is 0 Å². The zero-order chi connectivity index (χ0) is 25.0. The van der Waals surface area contributed by atoms with Gasteiger partial charge in [-0.25, -0.2) is 0 Å². The first-order valence-corrected chi connectivity index (χ1v) is 13.0. The largest absolute Gasteiger partial charge is 0.458 e. The Kier molecular flexibility index (Phi) is 6.62. The third-order valence-corrected chi connectivity index (χ3v) is 10.0. The zero-order valence-electron chi connectivity index (χ0n) is 21.4. The van der Waals surface area contributed by atoms with Gasteiger partial charge in [0.2, 0.25) is 0 Å². The fourth-order valence-electron chi connectivity index (χ4n) is 8.90. The lowest BCUT2D eigenvalue weighted by atomic mass is 9.44. The van der Waals surface area contributed by atoms with E-state index in [4.69, 9.17) is 14.2 Å². The normalized spacial score (nSPS) is 45.4. The molecule has 0 aromatic heterocycles. The van der Waals surface area contributed by atoms with E-state index >= 15 is 0 Å². The number of carbonyl (C=O) groups is 4. The number of fused-ring (bicyclic) bond motifs is 5. The number of esters is 3. The molecule has 7 heteroatoms. The molecule has 0 aromatic carbocycles. The summed E-state index contributed by atoms with van der Waals surface area (Å²) in [6.45, 7) is 10.7. The van der Waals surface area contributed by atoms with Gasteiger partial charge in [0.25, 0.3) is 0 Å². The maximum atomic E-state index is 12.9. The Bertz CT molecular complexity index is 867. The van der Waals surface area contributed by atoms with Crippen molar-refractivity contribution in [3.8, 4) is 0 Å². The summed E-state index contributed by atoms with van der Waals surface area (Å²) >= 11 is 0. The highest BCUT2D eigenvalue weighted by Gasteiger charge is 2.65. The molecule has 7 nitrogen and oxygen atoms in total. The van der Waals surface area contributed by atoms with Crippen LogP contribution >= 0.6 is 0 Å². The number of hydrogen-bond acceptors (Lipinski definition) is 7. The van der Waals surface area contributed by atoms with Crippen LogP contribution in [0.5, 0.6) is 0 Å². The summed E-state index contributed by atoms with van der Waals surface area (Å²) in [5, 5.41) is 0. The number of Topliss-reactive ketones (excluding diaryl/α,β-unsaturated/α-hetero) is 1. The van der Waals surface area contributed by atoms with Crippen LogP contribution in [0.3, 0.4) is 0 Å². The third kappa shape index (κ3) is 3.97. The molecule has 0 spiro atoms. The van der Waals surface area contributed by atoms with Crippen LogP contribution in [-0.4, -0.2) is 42.0 Å². The average Bonchev–Trinajstić information content (AvgIpc) is 2.98. The molecule has 4 rings (SSSR count). The van der Waals surface area contributed by atoms with E-state index in [9.17, 15) is 19.2 Å². The number of carbonyl (C=O) groups excluding carboxylic acids is 4. The summed E-state index contributed by atoms with van der Waals surface area (Å²) in [5.41, 5.74) is -0.204. The predicted molar refractivity (Wildman–Crippen MR) is 123 cm³/mol. The maximum Gasteiger partial charge on any atom is 0.303 e. The predicted octanol–water partition coefficient (Wildman–Crippen LogP) is 4.25. The van der Waals surface area contributed by atoms with Crippen molar-refractivity contribution >= 4 is 23.7 Å². The van der Waals surface area contributed by atoms with Crippen molar-refractivity contribution in [3.05, 3.63) is 0 Å². The van der Waals surface area contributed by atoms with E-state index in [1.165, 1.54) is 20.8 Å². The van der Waals surface area contributed by atoms with Gasteiger partial charge in [0, 0.05) is 39.0 Å². The molecule has 0 bridgehead atoms. The summed E-state index contributed by atoms with van der Waals surface area (Å²) in [6.07, 6.45) is 3.79. The monoisotopic (exact) mass is 476 g/mol. The van der Waals surface area contributed by atoms with E-state index in [-0.39, 0.29) is 22.7 Å². The molecule has 34 heavy (non-hydrogen) atoms. The van der Waals surface area contributed by atoms with E-state index in [0.29, 0.717) is 36.4 Å². The molecule has 4 saturated carbocycles. The molecule has 0 saturated heterocycles. The lowest BCUT2D eigenvalue weighted by molar-refractivity contribution is -0.234. The Morgan fingerprint density at radius 3 is 2.03 bits per heavy atom. The fourth-order valence-corrected chi connectivity index (χ4v) is 8.90. The number of ether oxygens (including phenoxy) is 3. The Balaban J connectivity index is 1.71. The van der Waals surface area contributed by atoms with E-state index in [0.717, 1.165) is 32.1 Å². The van der Waals surface area contributed by atoms with Crippen LogP contribution < -0.4 is 0 Å². The van der Waals surface area contributed by atoms with Crippen molar-refractivity contribution in [1.29, 1.82) is 0 Å². The Labute approximate surface area is 202 Å². The molecule has 0 aromatic rings. The Hall–Kier alpha value is -1.92. The highest BCUT2D eigenvalue weighted by Crippen LogP contribution is 2.67. The van der Waals surface area contributed by atoms with Gasteiger partial charge in [-0.1, -0.05) is 20.8 Å². The van der Waals surface area contributed by atoms with Crippen molar-refractivity contribution < 1.29 is 33.4 Å². The van der Waals surface area contributed by atoms with Crippen molar-refractivity contribution in [3.63, 3.8) is 0 Å². The number of hydrogen-bond donors (Lipinski definition) is 0. The van der Waals surface area contributed by atoms with Gasteiger partial charge in [-0.15, -0.1) is 0 Å². The summed E-state index contributed by atoms with van der Waals surface area (Å²) in [5.74, 6) is 0.316. The van der Waals surface area contributed by atoms with E-state index in [2.05, 4.69) is 20.8 Å². The topological polar surface area (TPSA) is 96.0 Å². The van der Waals surface area contributed by atoms with Crippen molar-refractivity contribution in [2.24, 2.45) is 40.4 Å². The van der Waals surface area contributed by atoms with Crippen LogP contribution in [-0.2, 0) is 33.4 Å². The third-order valence-electron chi connectivity index (χ3n) is 10.0. The van der Waals surface area contributed by atoms with Crippen LogP contribution in [0.1, 0.15) is 86.5 Å². The fraction of sp³-hybridized carbons (Fsp3) is 0.852. The summed E-state index contributed by atoms with van der Waals surface area (Å²) in [6, 6.07) is 0. The summed E-state index contributed by atoms with van der Waals surface area (Å²) < 4.78 is 17.2. The first kappa shape index (κ1) is 25.2. The van der Waals surface area contributed by atoms with Crippen molar-refractivity contribution in [2.75, 3.05) is 0 Å².